The molecule has 5 nitrogen and oxygen atoms in total. The molecule has 0 atom stereocenters. The number of hydrogen-bond donors (Lipinski definition) is 1. The fourth-order valence-corrected chi connectivity index (χ4v) is 3.24. The topological polar surface area (TPSA) is 55.6 Å². The smallest absolute Gasteiger partial charge is 0.417 e. The van der Waals surface area contributed by atoms with Crippen LogP contribution < -0.4 is 10.1 Å². The lowest BCUT2D eigenvalue weighted by atomic mass is 10.1. The molecule has 2 aromatic heterocycles. The monoisotopic (exact) mass is 425 g/mol. The van der Waals surface area contributed by atoms with E-state index in [1.165, 1.54) is 0 Å². The predicted molar refractivity (Wildman–Crippen MR) is 104 cm³/mol. The maximum Gasteiger partial charge on any atom is 0.417 e. The second kappa shape index (κ2) is 8.32. The lowest BCUT2D eigenvalue weighted by Gasteiger charge is -2.10. The van der Waals surface area contributed by atoms with Crippen molar-refractivity contribution >= 4 is 23.2 Å². The van der Waals surface area contributed by atoms with Crippen LogP contribution >= 0.6 is 11.6 Å². The standard InChI is InChI=1S/C20H19ClF3N3O2/c1-3-16-17(19(28)25-9-8-12-4-6-14(29-2)7-5-12)27-11-13(20(22,23)24)10-15(21)18(27)26-16/h4-7,10-11H,3,8-9H2,1-2H3,(H,25,28). The van der Waals surface area contributed by atoms with Gasteiger partial charge in [0.25, 0.3) is 5.91 Å². The predicted octanol–water partition coefficient (Wildman–Crippen LogP) is 4.55. The van der Waals surface area contributed by atoms with Gasteiger partial charge in [0.2, 0.25) is 0 Å². The number of alkyl halides is 3. The van der Waals surface area contributed by atoms with Crippen molar-refractivity contribution in [2.75, 3.05) is 13.7 Å². The van der Waals surface area contributed by atoms with Crippen LogP contribution in [0.4, 0.5) is 13.2 Å². The number of carbonyl (C=O) groups is 1. The molecular formula is C20H19ClF3N3O2. The number of carbonyl (C=O) groups excluding carboxylic acids is 1. The summed E-state index contributed by atoms with van der Waals surface area (Å²) in [6.45, 7) is 2.09. The molecule has 1 aromatic carbocycles. The molecule has 0 unspecified atom stereocenters. The van der Waals surface area contributed by atoms with Gasteiger partial charge < -0.3 is 10.1 Å². The number of hydrogen-bond acceptors (Lipinski definition) is 3. The summed E-state index contributed by atoms with van der Waals surface area (Å²) < 4.78 is 45.7. The molecule has 1 N–H and O–H groups in total. The van der Waals surface area contributed by atoms with Gasteiger partial charge in [-0.1, -0.05) is 30.7 Å². The zero-order valence-electron chi connectivity index (χ0n) is 15.8. The van der Waals surface area contributed by atoms with E-state index in [0.717, 1.165) is 28.0 Å². The molecular weight excluding hydrogens is 407 g/mol. The van der Waals surface area contributed by atoms with Gasteiger partial charge in [0.15, 0.2) is 5.65 Å². The third-order valence-electron chi connectivity index (χ3n) is 4.48. The first-order valence-electron chi connectivity index (χ1n) is 8.93. The minimum absolute atomic E-state index is 0.0604. The van der Waals surface area contributed by atoms with Crippen molar-refractivity contribution in [3.8, 4) is 5.75 Å². The molecule has 0 saturated heterocycles. The summed E-state index contributed by atoms with van der Waals surface area (Å²) in [4.78, 5) is 17.0. The van der Waals surface area contributed by atoms with Crippen LogP contribution in [0.2, 0.25) is 5.02 Å². The van der Waals surface area contributed by atoms with E-state index >= 15 is 0 Å². The highest BCUT2D eigenvalue weighted by molar-refractivity contribution is 6.33. The Morgan fingerprint density at radius 3 is 2.55 bits per heavy atom. The van der Waals surface area contributed by atoms with E-state index in [-0.39, 0.29) is 16.4 Å². The largest absolute Gasteiger partial charge is 0.497 e. The van der Waals surface area contributed by atoms with Gasteiger partial charge in [-0.15, -0.1) is 0 Å². The first kappa shape index (κ1) is 21.0. The highest BCUT2D eigenvalue weighted by Crippen LogP contribution is 2.33. The van der Waals surface area contributed by atoms with Crippen LogP contribution in [0.25, 0.3) is 5.65 Å². The Balaban J connectivity index is 1.84. The molecule has 0 radical (unpaired) electrons. The molecule has 0 bridgehead atoms. The van der Waals surface area contributed by atoms with E-state index < -0.39 is 17.6 Å². The van der Waals surface area contributed by atoms with Crippen LogP contribution in [0.5, 0.6) is 5.75 Å². The molecule has 0 fully saturated rings. The normalized spacial score (nSPS) is 11.7. The minimum Gasteiger partial charge on any atom is -0.497 e. The number of pyridine rings is 1. The van der Waals surface area contributed by atoms with Crippen molar-refractivity contribution in [2.45, 2.75) is 25.9 Å². The quantitative estimate of drug-likeness (QED) is 0.630. The Hall–Kier alpha value is -2.74. The SMILES string of the molecule is CCc1nc2c(Cl)cc(C(F)(F)F)cn2c1C(=O)NCCc1ccc(OC)cc1. The fraction of sp³-hybridized carbons (Fsp3) is 0.300. The summed E-state index contributed by atoms with van der Waals surface area (Å²) in [5, 5.41) is 2.59. The summed E-state index contributed by atoms with van der Waals surface area (Å²) in [5.41, 5.74) is 0.611. The van der Waals surface area contributed by atoms with E-state index in [1.807, 2.05) is 24.3 Å². The maximum absolute atomic E-state index is 13.2. The second-order valence-electron chi connectivity index (χ2n) is 6.38. The number of fused-ring (bicyclic) bond motifs is 1. The molecule has 154 valence electrons. The van der Waals surface area contributed by atoms with Crippen LogP contribution in [-0.4, -0.2) is 28.9 Å². The summed E-state index contributed by atoms with van der Waals surface area (Å²) in [6.07, 6.45) is -2.80. The average molecular weight is 426 g/mol. The maximum atomic E-state index is 13.2. The molecule has 0 spiro atoms. The van der Waals surface area contributed by atoms with E-state index in [1.54, 1.807) is 14.0 Å². The van der Waals surface area contributed by atoms with Gasteiger partial charge in [-0.2, -0.15) is 13.2 Å². The van der Waals surface area contributed by atoms with Gasteiger partial charge in [0, 0.05) is 12.7 Å². The van der Waals surface area contributed by atoms with Gasteiger partial charge in [0.05, 0.1) is 23.4 Å². The number of aromatic nitrogens is 2. The Labute approximate surface area is 170 Å². The summed E-state index contributed by atoms with van der Waals surface area (Å²) in [7, 11) is 1.58. The van der Waals surface area contributed by atoms with Crippen LogP contribution in [0.15, 0.2) is 36.5 Å². The molecule has 0 aliphatic heterocycles. The zero-order chi connectivity index (χ0) is 21.2. The van der Waals surface area contributed by atoms with Crippen molar-refractivity contribution in [3.63, 3.8) is 0 Å². The number of imidazole rings is 1. The Morgan fingerprint density at radius 2 is 1.97 bits per heavy atom. The molecule has 1 amide bonds. The number of amides is 1. The summed E-state index contributed by atoms with van der Waals surface area (Å²) in [6, 6.07) is 8.21. The highest BCUT2D eigenvalue weighted by atomic mass is 35.5. The Kier molecular flexibility index (Phi) is 6.02. The number of ether oxygens (including phenoxy) is 1. The Bertz CT molecular complexity index is 1030. The molecule has 2 heterocycles. The van der Waals surface area contributed by atoms with E-state index in [2.05, 4.69) is 10.3 Å². The number of benzene rings is 1. The number of halogens is 4. The minimum atomic E-state index is -4.59. The van der Waals surface area contributed by atoms with E-state index in [9.17, 15) is 18.0 Å². The summed E-state index contributed by atoms with van der Waals surface area (Å²) >= 11 is 6.00. The number of rotatable bonds is 6. The van der Waals surface area contributed by atoms with Gasteiger partial charge in [-0.25, -0.2) is 4.98 Å². The van der Waals surface area contributed by atoms with Crippen LogP contribution in [0.1, 0.15) is 34.2 Å². The number of aryl methyl sites for hydroxylation is 1. The average Bonchev–Trinajstić information content (AvgIpc) is 3.07. The van der Waals surface area contributed by atoms with Crippen molar-refractivity contribution in [2.24, 2.45) is 0 Å². The van der Waals surface area contributed by atoms with Crippen LogP contribution in [-0.2, 0) is 19.0 Å². The third kappa shape index (κ3) is 4.48. The lowest BCUT2D eigenvalue weighted by Crippen LogP contribution is -2.28. The highest BCUT2D eigenvalue weighted by Gasteiger charge is 2.33. The van der Waals surface area contributed by atoms with Crippen molar-refractivity contribution in [1.82, 2.24) is 14.7 Å². The molecule has 0 aliphatic rings. The molecule has 3 rings (SSSR count). The first-order chi connectivity index (χ1) is 13.7. The van der Waals surface area contributed by atoms with Crippen LogP contribution in [0.3, 0.4) is 0 Å². The van der Waals surface area contributed by atoms with Crippen molar-refractivity contribution in [3.05, 3.63) is 64.1 Å². The molecule has 0 saturated carbocycles. The lowest BCUT2D eigenvalue weighted by molar-refractivity contribution is -0.137. The first-order valence-corrected chi connectivity index (χ1v) is 9.31. The fourth-order valence-electron chi connectivity index (χ4n) is 2.99. The second-order valence-corrected chi connectivity index (χ2v) is 6.79. The van der Waals surface area contributed by atoms with Crippen LogP contribution in [0, 0.1) is 0 Å². The zero-order valence-corrected chi connectivity index (χ0v) is 16.6. The van der Waals surface area contributed by atoms with E-state index in [0.29, 0.717) is 25.1 Å². The molecule has 0 aliphatic carbocycles. The van der Waals surface area contributed by atoms with Gasteiger partial charge in [0.1, 0.15) is 11.4 Å². The molecule has 29 heavy (non-hydrogen) atoms. The van der Waals surface area contributed by atoms with Gasteiger partial charge >= 0.3 is 6.18 Å². The summed E-state index contributed by atoms with van der Waals surface area (Å²) in [5.74, 6) is 0.228. The molecule has 3 aromatic rings. The number of methoxy groups -OCH3 is 1. The van der Waals surface area contributed by atoms with Gasteiger partial charge in [-0.05, 0) is 36.6 Å². The number of nitrogens with one attached hydrogen (secondary N) is 1. The number of nitrogens with zero attached hydrogens (tertiary/aromatic N) is 2. The molecule has 9 heteroatoms. The van der Waals surface area contributed by atoms with Crippen molar-refractivity contribution in [1.29, 1.82) is 0 Å². The Morgan fingerprint density at radius 1 is 1.28 bits per heavy atom. The van der Waals surface area contributed by atoms with Crippen molar-refractivity contribution < 1.29 is 22.7 Å². The third-order valence-corrected chi connectivity index (χ3v) is 4.76. The van der Waals surface area contributed by atoms with Gasteiger partial charge in [-0.3, -0.25) is 9.20 Å². The van der Waals surface area contributed by atoms with E-state index in [4.69, 9.17) is 16.3 Å².